The number of hydrogen-bond acceptors (Lipinski definition) is 6. The topological polar surface area (TPSA) is 89.0 Å². The van der Waals surface area contributed by atoms with Crippen LogP contribution in [-0.4, -0.2) is 76.0 Å². The fourth-order valence-corrected chi connectivity index (χ4v) is 4.67. The van der Waals surface area contributed by atoms with Gasteiger partial charge in [-0.1, -0.05) is 6.07 Å². The summed E-state index contributed by atoms with van der Waals surface area (Å²) in [7, 11) is 0. The van der Waals surface area contributed by atoms with Crippen LogP contribution in [0.25, 0.3) is 0 Å². The Balaban J connectivity index is 0.000000396. The van der Waals surface area contributed by atoms with Crippen LogP contribution in [0.3, 0.4) is 0 Å². The van der Waals surface area contributed by atoms with Crippen molar-refractivity contribution in [2.45, 2.75) is 43.9 Å². The average Bonchev–Trinajstić information content (AvgIpc) is 3.08. The third-order valence-corrected chi connectivity index (χ3v) is 6.15. The van der Waals surface area contributed by atoms with Crippen LogP contribution in [-0.2, 0) is 25.7 Å². The molecule has 0 bridgehead atoms. The number of ether oxygens (including phenoxy) is 2. The monoisotopic (exact) mass is 450 g/mol. The summed E-state index contributed by atoms with van der Waals surface area (Å²) in [6.45, 7) is 6.90. The molecule has 2 fully saturated rings. The third kappa shape index (κ3) is 7.13. The SMILES string of the molecule is CCOCC(=O)N1CC2(CC(OCc3cccc(C)n3)CS2)C1.O=C(O)C(F)(F)F. The molecule has 7 nitrogen and oxygen atoms in total. The number of aliphatic carboxylic acids is 1. The van der Waals surface area contributed by atoms with Crippen molar-refractivity contribution in [3.63, 3.8) is 0 Å². The maximum atomic E-state index is 11.9. The molecule has 3 rings (SSSR count). The predicted octanol–water partition coefficient (Wildman–Crippen LogP) is 2.66. The molecular weight excluding hydrogens is 425 g/mol. The lowest BCUT2D eigenvalue weighted by Gasteiger charge is -2.47. The molecule has 30 heavy (non-hydrogen) atoms. The van der Waals surface area contributed by atoms with Crippen LogP contribution in [0.15, 0.2) is 18.2 Å². The Hall–Kier alpha value is -1.85. The molecule has 0 radical (unpaired) electrons. The zero-order valence-electron chi connectivity index (χ0n) is 16.8. The molecule has 1 amide bonds. The van der Waals surface area contributed by atoms with Gasteiger partial charge >= 0.3 is 12.1 Å². The van der Waals surface area contributed by atoms with Crippen molar-refractivity contribution in [2.75, 3.05) is 32.1 Å². The van der Waals surface area contributed by atoms with Crippen LogP contribution in [0, 0.1) is 6.92 Å². The number of carboxylic acids is 1. The third-order valence-electron chi connectivity index (χ3n) is 4.57. The van der Waals surface area contributed by atoms with Crippen LogP contribution >= 0.6 is 11.8 Å². The number of carbonyl (C=O) groups is 2. The summed E-state index contributed by atoms with van der Waals surface area (Å²) >= 11 is 1.94. The van der Waals surface area contributed by atoms with Gasteiger partial charge in [-0.25, -0.2) is 4.79 Å². The molecule has 1 aromatic rings. The minimum absolute atomic E-state index is 0.103. The minimum atomic E-state index is -5.08. The number of thioether (sulfide) groups is 1. The number of carbonyl (C=O) groups excluding carboxylic acids is 1. The molecular formula is C19H25F3N2O5S. The van der Waals surface area contributed by atoms with Gasteiger partial charge in [-0.2, -0.15) is 13.2 Å². The fourth-order valence-electron chi connectivity index (χ4n) is 3.12. The molecule has 11 heteroatoms. The van der Waals surface area contributed by atoms with Crippen molar-refractivity contribution in [1.29, 1.82) is 0 Å². The van der Waals surface area contributed by atoms with Crippen LogP contribution in [0.4, 0.5) is 13.2 Å². The van der Waals surface area contributed by atoms with Crippen molar-refractivity contribution in [3.05, 3.63) is 29.6 Å². The lowest BCUT2D eigenvalue weighted by Crippen LogP contribution is -2.61. The second-order valence-corrected chi connectivity index (χ2v) is 8.58. The van der Waals surface area contributed by atoms with Crippen LogP contribution < -0.4 is 0 Å². The van der Waals surface area contributed by atoms with Gasteiger partial charge in [0.25, 0.3) is 0 Å². The lowest BCUT2D eigenvalue weighted by atomic mass is 9.93. The Morgan fingerprint density at radius 1 is 1.37 bits per heavy atom. The van der Waals surface area contributed by atoms with Crippen molar-refractivity contribution in [2.24, 2.45) is 0 Å². The van der Waals surface area contributed by atoms with Crippen molar-refractivity contribution >= 4 is 23.6 Å². The highest BCUT2D eigenvalue weighted by molar-refractivity contribution is 8.01. The lowest BCUT2D eigenvalue weighted by molar-refractivity contribution is -0.192. The molecule has 0 aromatic carbocycles. The first kappa shape index (κ1) is 24.4. The summed E-state index contributed by atoms with van der Waals surface area (Å²) in [6, 6.07) is 6.01. The molecule has 1 atom stereocenters. The van der Waals surface area contributed by atoms with Gasteiger partial charge in [0, 0.05) is 31.1 Å². The highest BCUT2D eigenvalue weighted by atomic mass is 32.2. The minimum Gasteiger partial charge on any atom is -0.475 e. The van der Waals surface area contributed by atoms with Gasteiger partial charge in [-0.3, -0.25) is 9.78 Å². The number of likely N-dealkylation sites (tertiary alicyclic amines) is 1. The fraction of sp³-hybridized carbons (Fsp3) is 0.632. The van der Waals surface area contributed by atoms with E-state index in [-0.39, 0.29) is 23.4 Å². The number of halogens is 3. The van der Waals surface area contributed by atoms with E-state index in [1.807, 2.05) is 48.7 Å². The highest BCUT2D eigenvalue weighted by Crippen LogP contribution is 2.46. The first-order chi connectivity index (χ1) is 14.0. The second kappa shape index (κ2) is 10.5. The smallest absolute Gasteiger partial charge is 0.475 e. The standard InChI is InChI=1S/C17H24N2O3S.C2HF3O2/c1-3-21-9-16(20)19-11-17(12-19)7-15(10-23-17)22-8-14-6-4-5-13(2)18-14;3-2(4,5)1(6)7/h4-6,15H,3,7-12H2,1-2H3;(H,6,7). The van der Waals surface area contributed by atoms with E-state index in [0.717, 1.165) is 36.7 Å². The molecule has 3 heterocycles. The number of rotatable bonds is 6. The maximum absolute atomic E-state index is 11.9. The van der Waals surface area contributed by atoms with Gasteiger partial charge in [-0.15, -0.1) is 11.8 Å². The highest BCUT2D eigenvalue weighted by Gasteiger charge is 2.50. The van der Waals surface area contributed by atoms with E-state index in [9.17, 15) is 18.0 Å². The van der Waals surface area contributed by atoms with E-state index in [0.29, 0.717) is 13.2 Å². The van der Waals surface area contributed by atoms with E-state index in [4.69, 9.17) is 19.4 Å². The summed E-state index contributed by atoms with van der Waals surface area (Å²) in [4.78, 5) is 27.2. The summed E-state index contributed by atoms with van der Waals surface area (Å²) < 4.78 is 43.2. The largest absolute Gasteiger partial charge is 0.490 e. The second-order valence-electron chi connectivity index (χ2n) is 7.09. The average molecular weight is 450 g/mol. The van der Waals surface area contributed by atoms with E-state index >= 15 is 0 Å². The zero-order valence-corrected chi connectivity index (χ0v) is 17.6. The molecule has 0 aliphatic carbocycles. The number of nitrogens with zero attached hydrogens (tertiary/aromatic N) is 2. The Morgan fingerprint density at radius 2 is 2.03 bits per heavy atom. The summed E-state index contributed by atoms with van der Waals surface area (Å²) in [5, 5.41) is 7.12. The number of amides is 1. The van der Waals surface area contributed by atoms with Crippen LogP contribution in [0.5, 0.6) is 0 Å². The van der Waals surface area contributed by atoms with Crippen molar-refractivity contribution in [1.82, 2.24) is 9.88 Å². The summed E-state index contributed by atoms with van der Waals surface area (Å²) in [6.07, 6.45) is -3.81. The Morgan fingerprint density at radius 3 is 2.60 bits per heavy atom. The van der Waals surface area contributed by atoms with Crippen LogP contribution in [0.2, 0.25) is 0 Å². The normalized spacial score (nSPS) is 19.8. The van der Waals surface area contributed by atoms with Crippen molar-refractivity contribution < 1.29 is 37.3 Å². The van der Waals surface area contributed by atoms with Gasteiger partial charge in [0.2, 0.25) is 5.91 Å². The molecule has 1 N–H and O–H groups in total. The molecule has 2 aliphatic rings. The quantitative estimate of drug-likeness (QED) is 0.713. The Bertz CT molecular complexity index is 741. The van der Waals surface area contributed by atoms with Gasteiger partial charge in [0.15, 0.2) is 0 Å². The summed E-state index contributed by atoms with van der Waals surface area (Å²) in [5.74, 6) is -1.65. The molecule has 1 aromatic heterocycles. The van der Waals surface area contributed by atoms with E-state index in [2.05, 4.69) is 4.98 Å². The van der Waals surface area contributed by atoms with E-state index in [1.54, 1.807) is 0 Å². The number of hydrogen-bond donors (Lipinski definition) is 1. The number of aryl methyl sites for hydroxylation is 1. The summed E-state index contributed by atoms with van der Waals surface area (Å²) in [5.41, 5.74) is 2.00. The molecule has 2 aliphatic heterocycles. The van der Waals surface area contributed by atoms with Crippen LogP contribution in [0.1, 0.15) is 24.7 Å². The Kier molecular flexibility index (Phi) is 8.51. The first-order valence-corrected chi connectivity index (χ1v) is 10.4. The molecule has 1 unspecified atom stereocenters. The van der Waals surface area contributed by atoms with Gasteiger partial charge in [-0.05, 0) is 32.4 Å². The molecule has 168 valence electrons. The first-order valence-electron chi connectivity index (χ1n) is 9.38. The van der Waals surface area contributed by atoms with E-state index < -0.39 is 12.1 Å². The maximum Gasteiger partial charge on any atom is 0.490 e. The van der Waals surface area contributed by atoms with Gasteiger partial charge < -0.3 is 19.5 Å². The Labute approximate surface area is 176 Å². The molecule has 2 saturated heterocycles. The zero-order chi connectivity index (χ0) is 22.4. The van der Waals surface area contributed by atoms with E-state index in [1.165, 1.54) is 0 Å². The molecule has 0 saturated carbocycles. The predicted molar refractivity (Wildman–Crippen MR) is 104 cm³/mol. The molecule has 1 spiro atoms. The number of carboxylic acid groups (broad SMARTS) is 1. The van der Waals surface area contributed by atoms with Gasteiger partial charge in [0.1, 0.15) is 6.61 Å². The van der Waals surface area contributed by atoms with Gasteiger partial charge in [0.05, 0.1) is 23.2 Å². The number of alkyl halides is 3. The number of aromatic nitrogens is 1. The van der Waals surface area contributed by atoms with Crippen molar-refractivity contribution in [3.8, 4) is 0 Å². The number of pyridine rings is 1.